The molecular formula is C19H14N2O2. The first-order valence-corrected chi connectivity index (χ1v) is 7.28. The van der Waals surface area contributed by atoms with Crippen LogP contribution in [0.5, 0.6) is 0 Å². The maximum absolute atomic E-state index is 12.0. The van der Waals surface area contributed by atoms with Crippen molar-refractivity contribution in [1.82, 2.24) is 9.97 Å². The Morgan fingerprint density at radius 3 is 2.74 bits per heavy atom. The summed E-state index contributed by atoms with van der Waals surface area (Å²) >= 11 is 0. The van der Waals surface area contributed by atoms with E-state index in [0.29, 0.717) is 17.8 Å². The van der Waals surface area contributed by atoms with Crippen molar-refractivity contribution < 1.29 is 9.53 Å². The molecule has 0 N–H and O–H groups in total. The zero-order chi connectivity index (χ0) is 16.1. The number of hydrogen-bond donors (Lipinski definition) is 0. The third-order valence-corrected chi connectivity index (χ3v) is 3.19. The van der Waals surface area contributed by atoms with E-state index in [4.69, 9.17) is 4.74 Å². The van der Waals surface area contributed by atoms with Crippen LogP contribution in [0.4, 0.5) is 0 Å². The number of nitrogens with zero attached hydrogens (tertiary/aromatic N) is 2. The highest BCUT2D eigenvalue weighted by molar-refractivity contribution is 5.93. The van der Waals surface area contributed by atoms with Gasteiger partial charge in [0.1, 0.15) is 11.4 Å². The molecule has 2 heterocycles. The highest BCUT2D eigenvalue weighted by atomic mass is 16.5. The van der Waals surface area contributed by atoms with Gasteiger partial charge < -0.3 is 4.74 Å². The van der Waals surface area contributed by atoms with Gasteiger partial charge in [-0.25, -0.2) is 14.8 Å². The van der Waals surface area contributed by atoms with E-state index in [9.17, 15) is 4.79 Å². The maximum Gasteiger partial charge on any atom is 0.356 e. The number of ether oxygens (including phenoxy) is 1. The molecule has 0 amide bonds. The molecule has 2 aromatic heterocycles. The van der Waals surface area contributed by atoms with E-state index in [1.165, 1.54) is 0 Å². The highest BCUT2D eigenvalue weighted by Gasteiger charge is 2.11. The van der Waals surface area contributed by atoms with Crippen molar-refractivity contribution in [1.29, 1.82) is 0 Å². The zero-order valence-corrected chi connectivity index (χ0v) is 12.6. The summed E-state index contributed by atoms with van der Waals surface area (Å²) < 4.78 is 5.03. The molecule has 1 aromatic carbocycles. The predicted molar refractivity (Wildman–Crippen MR) is 87.9 cm³/mol. The van der Waals surface area contributed by atoms with E-state index in [2.05, 4.69) is 21.8 Å². The number of pyridine rings is 2. The summed E-state index contributed by atoms with van der Waals surface area (Å²) in [5.41, 5.74) is 2.37. The van der Waals surface area contributed by atoms with Gasteiger partial charge in [-0.2, -0.15) is 0 Å². The minimum Gasteiger partial charge on any atom is -0.461 e. The topological polar surface area (TPSA) is 52.1 Å². The molecule has 3 aromatic rings. The molecule has 0 atom stereocenters. The largest absolute Gasteiger partial charge is 0.461 e. The Morgan fingerprint density at radius 2 is 1.96 bits per heavy atom. The predicted octanol–water partition coefficient (Wildman–Crippen LogP) is 3.21. The summed E-state index contributed by atoms with van der Waals surface area (Å²) in [5.74, 6) is 5.65. The van der Waals surface area contributed by atoms with E-state index < -0.39 is 5.97 Å². The summed E-state index contributed by atoms with van der Waals surface area (Å²) in [7, 11) is 0. The summed E-state index contributed by atoms with van der Waals surface area (Å²) in [6.07, 6.45) is 1.69. The van der Waals surface area contributed by atoms with Crippen molar-refractivity contribution in [2.45, 2.75) is 6.92 Å². The fourth-order valence-electron chi connectivity index (χ4n) is 2.16. The number of hydrogen-bond acceptors (Lipinski definition) is 4. The Morgan fingerprint density at radius 1 is 1.13 bits per heavy atom. The normalized spacial score (nSPS) is 9.96. The van der Waals surface area contributed by atoms with Gasteiger partial charge in [-0.05, 0) is 37.1 Å². The Hall–Kier alpha value is -3.19. The van der Waals surface area contributed by atoms with Crippen LogP contribution in [0.25, 0.3) is 10.9 Å². The quantitative estimate of drug-likeness (QED) is 0.539. The first-order valence-electron chi connectivity index (χ1n) is 7.28. The minimum absolute atomic E-state index is 0.260. The molecule has 0 saturated heterocycles. The van der Waals surface area contributed by atoms with Crippen LogP contribution in [-0.2, 0) is 4.74 Å². The van der Waals surface area contributed by atoms with Gasteiger partial charge in [0.15, 0.2) is 0 Å². The number of fused-ring (bicyclic) bond motifs is 1. The van der Waals surface area contributed by atoms with Gasteiger partial charge in [0.2, 0.25) is 0 Å². The number of carbonyl (C=O) groups excluding carboxylic acids is 1. The lowest BCUT2D eigenvalue weighted by Crippen LogP contribution is -2.07. The second-order valence-electron chi connectivity index (χ2n) is 4.76. The van der Waals surface area contributed by atoms with Crippen molar-refractivity contribution >= 4 is 16.9 Å². The second-order valence-corrected chi connectivity index (χ2v) is 4.76. The van der Waals surface area contributed by atoms with Crippen LogP contribution in [0.1, 0.15) is 28.7 Å². The fourth-order valence-corrected chi connectivity index (χ4v) is 2.16. The molecule has 4 heteroatoms. The van der Waals surface area contributed by atoms with Crippen molar-refractivity contribution in [3.05, 3.63) is 71.7 Å². The van der Waals surface area contributed by atoms with Crippen LogP contribution in [-0.4, -0.2) is 22.5 Å². The van der Waals surface area contributed by atoms with Gasteiger partial charge in [0.25, 0.3) is 0 Å². The van der Waals surface area contributed by atoms with E-state index >= 15 is 0 Å². The molecule has 0 spiro atoms. The summed E-state index contributed by atoms with van der Waals surface area (Å²) in [6.45, 7) is 2.07. The van der Waals surface area contributed by atoms with Gasteiger partial charge >= 0.3 is 5.97 Å². The monoisotopic (exact) mass is 302 g/mol. The van der Waals surface area contributed by atoms with Gasteiger partial charge in [-0.3, -0.25) is 0 Å². The van der Waals surface area contributed by atoms with Gasteiger partial charge in [-0.1, -0.05) is 30.2 Å². The summed E-state index contributed by atoms with van der Waals surface area (Å²) in [6, 6.07) is 14.8. The number of esters is 1. The Bertz CT molecular complexity index is 909. The zero-order valence-electron chi connectivity index (χ0n) is 12.6. The minimum atomic E-state index is -0.445. The Kier molecular flexibility index (Phi) is 4.30. The molecule has 0 aliphatic heterocycles. The highest BCUT2D eigenvalue weighted by Crippen LogP contribution is 2.18. The van der Waals surface area contributed by atoms with Crippen LogP contribution in [0, 0.1) is 11.8 Å². The summed E-state index contributed by atoms with van der Waals surface area (Å²) in [4.78, 5) is 20.5. The van der Waals surface area contributed by atoms with Crippen molar-refractivity contribution in [3.8, 4) is 11.8 Å². The van der Waals surface area contributed by atoms with Crippen LogP contribution in [0.3, 0.4) is 0 Å². The summed E-state index contributed by atoms with van der Waals surface area (Å²) in [5, 5.41) is 0.893. The van der Waals surface area contributed by atoms with Gasteiger partial charge in [0.05, 0.1) is 12.1 Å². The van der Waals surface area contributed by atoms with Crippen LogP contribution in [0.15, 0.2) is 54.7 Å². The molecule has 3 rings (SSSR count). The van der Waals surface area contributed by atoms with Crippen LogP contribution < -0.4 is 0 Å². The standard InChI is InChI=1S/C19H14N2O2/c1-2-23-19(22)18-13-14(10-11-15-7-5-6-12-20-15)16-8-3-4-9-17(16)21-18/h3-9,12-13H,2H2,1H3. The maximum atomic E-state index is 12.0. The third-order valence-electron chi connectivity index (χ3n) is 3.19. The molecule has 0 saturated carbocycles. The molecule has 4 nitrogen and oxygen atoms in total. The van der Waals surface area contributed by atoms with E-state index in [-0.39, 0.29) is 5.69 Å². The number of aromatic nitrogens is 2. The molecule has 0 fully saturated rings. The van der Waals surface area contributed by atoms with Crippen LogP contribution >= 0.6 is 0 Å². The Labute approximate surface area is 134 Å². The number of para-hydroxylation sites is 1. The molecule has 23 heavy (non-hydrogen) atoms. The molecule has 0 unspecified atom stereocenters. The molecule has 0 radical (unpaired) electrons. The third kappa shape index (κ3) is 3.35. The lowest BCUT2D eigenvalue weighted by molar-refractivity contribution is 0.0520. The van der Waals surface area contributed by atoms with Crippen molar-refractivity contribution in [3.63, 3.8) is 0 Å². The van der Waals surface area contributed by atoms with E-state index in [0.717, 1.165) is 10.9 Å². The molecule has 0 aliphatic rings. The molecule has 0 aliphatic carbocycles. The van der Waals surface area contributed by atoms with Gasteiger partial charge in [-0.15, -0.1) is 0 Å². The second kappa shape index (κ2) is 6.71. The van der Waals surface area contributed by atoms with Crippen molar-refractivity contribution in [2.24, 2.45) is 0 Å². The fraction of sp³-hybridized carbons (Fsp3) is 0.105. The van der Waals surface area contributed by atoms with Crippen LogP contribution in [0.2, 0.25) is 0 Å². The lowest BCUT2D eigenvalue weighted by Gasteiger charge is -2.05. The first-order chi connectivity index (χ1) is 11.3. The molecular weight excluding hydrogens is 288 g/mol. The lowest BCUT2D eigenvalue weighted by atomic mass is 10.1. The molecule has 0 bridgehead atoms. The van der Waals surface area contributed by atoms with Gasteiger partial charge in [0, 0.05) is 17.1 Å². The SMILES string of the molecule is CCOC(=O)c1cc(C#Cc2ccccn2)c2ccccc2n1. The first kappa shape index (κ1) is 14.7. The Balaban J connectivity index is 2.11. The molecule has 112 valence electrons. The van der Waals surface area contributed by atoms with Crippen molar-refractivity contribution in [2.75, 3.05) is 6.61 Å². The average Bonchev–Trinajstić information content (AvgIpc) is 2.60. The number of benzene rings is 1. The number of carbonyl (C=O) groups is 1. The number of rotatable bonds is 2. The van der Waals surface area contributed by atoms with E-state index in [1.807, 2.05) is 42.5 Å². The smallest absolute Gasteiger partial charge is 0.356 e. The average molecular weight is 302 g/mol. The van der Waals surface area contributed by atoms with E-state index in [1.54, 1.807) is 19.2 Å².